The Morgan fingerprint density at radius 2 is 2.06 bits per heavy atom. The lowest BCUT2D eigenvalue weighted by atomic mass is 10.2. The monoisotopic (exact) mass is 256 g/mol. The van der Waals surface area contributed by atoms with Crippen molar-refractivity contribution in [2.75, 3.05) is 12.9 Å². The van der Waals surface area contributed by atoms with Crippen LogP contribution in [0, 0.1) is 23.5 Å². The van der Waals surface area contributed by atoms with Crippen LogP contribution in [0.4, 0.5) is 8.78 Å². The first-order valence-electron chi connectivity index (χ1n) is 4.70. The highest BCUT2D eigenvalue weighted by molar-refractivity contribution is 8.13. The Hall–Kier alpha value is -1.54. The first-order valence-corrected chi connectivity index (χ1v) is 5.68. The van der Waals surface area contributed by atoms with Gasteiger partial charge in [-0.05, 0) is 6.07 Å². The van der Waals surface area contributed by atoms with Crippen LogP contribution in [0.2, 0.25) is 0 Å². The molecular formula is C12H10F2O2S. The van der Waals surface area contributed by atoms with E-state index in [2.05, 4.69) is 11.8 Å². The van der Waals surface area contributed by atoms with Crippen molar-refractivity contribution in [3.63, 3.8) is 0 Å². The normalized spacial score (nSPS) is 9.41. The molecule has 0 bridgehead atoms. The van der Waals surface area contributed by atoms with Crippen LogP contribution in [-0.2, 0) is 4.79 Å². The molecule has 0 fully saturated rings. The Kier molecular flexibility index (Phi) is 4.98. The summed E-state index contributed by atoms with van der Waals surface area (Å²) < 4.78 is 30.7. The number of ether oxygens (including phenoxy) is 1. The van der Waals surface area contributed by atoms with Crippen molar-refractivity contribution in [2.24, 2.45) is 0 Å². The molecule has 90 valence electrons. The highest BCUT2D eigenvalue weighted by Gasteiger charge is 2.08. The third-order valence-corrected chi connectivity index (χ3v) is 2.51. The number of carbonyl (C=O) groups is 1. The Labute approximate surface area is 102 Å². The zero-order chi connectivity index (χ0) is 12.8. The van der Waals surface area contributed by atoms with E-state index in [-0.39, 0.29) is 16.4 Å². The van der Waals surface area contributed by atoms with Crippen molar-refractivity contribution in [2.45, 2.75) is 6.92 Å². The summed E-state index contributed by atoms with van der Waals surface area (Å²) in [6, 6.07) is 1.91. The standard InChI is InChI=1S/C12H10F2O2S/c1-8(15)17-5-3-4-9-6-10(13)11(14)7-12(9)16-2/h6-7H,5H2,1-2H3. The molecule has 0 aliphatic carbocycles. The fourth-order valence-corrected chi connectivity index (χ4v) is 1.41. The third kappa shape index (κ3) is 4.08. The maximum atomic E-state index is 13.0. The summed E-state index contributed by atoms with van der Waals surface area (Å²) in [5.74, 6) is 3.83. The summed E-state index contributed by atoms with van der Waals surface area (Å²) >= 11 is 1.05. The zero-order valence-electron chi connectivity index (χ0n) is 9.34. The van der Waals surface area contributed by atoms with E-state index in [9.17, 15) is 13.6 Å². The fraction of sp³-hybridized carbons (Fsp3) is 0.250. The molecule has 0 aliphatic rings. The van der Waals surface area contributed by atoms with Gasteiger partial charge in [-0.2, -0.15) is 0 Å². The molecule has 0 N–H and O–H groups in total. The van der Waals surface area contributed by atoms with Gasteiger partial charge in [0.1, 0.15) is 5.75 Å². The van der Waals surface area contributed by atoms with Crippen molar-refractivity contribution < 1.29 is 18.3 Å². The zero-order valence-corrected chi connectivity index (χ0v) is 10.2. The van der Waals surface area contributed by atoms with Gasteiger partial charge in [0.25, 0.3) is 0 Å². The second kappa shape index (κ2) is 6.26. The lowest BCUT2D eigenvalue weighted by molar-refractivity contribution is -0.109. The molecular weight excluding hydrogens is 246 g/mol. The smallest absolute Gasteiger partial charge is 0.186 e. The Bertz CT molecular complexity index is 489. The van der Waals surface area contributed by atoms with Crippen molar-refractivity contribution in [1.29, 1.82) is 0 Å². The van der Waals surface area contributed by atoms with Gasteiger partial charge in [0.05, 0.1) is 18.4 Å². The maximum absolute atomic E-state index is 13.0. The lowest BCUT2D eigenvalue weighted by Gasteiger charge is -2.03. The minimum atomic E-state index is -0.981. The lowest BCUT2D eigenvalue weighted by Crippen LogP contribution is -1.93. The topological polar surface area (TPSA) is 26.3 Å². The SMILES string of the molecule is COc1cc(F)c(F)cc1C#CCSC(C)=O. The number of halogens is 2. The molecule has 1 aromatic carbocycles. The first kappa shape index (κ1) is 13.5. The number of methoxy groups -OCH3 is 1. The highest BCUT2D eigenvalue weighted by Crippen LogP contribution is 2.21. The fourth-order valence-electron chi connectivity index (χ4n) is 1.06. The molecule has 0 saturated carbocycles. The van der Waals surface area contributed by atoms with Crippen LogP contribution < -0.4 is 4.74 Å². The predicted molar refractivity (Wildman–Crippen MR) is 62.9 cm³/mol. The highest BCUT2D eigenvalue weighted by atomic mass is 32.2. The van der Waals surface area contributed by atoms with Crippen LogP contribution in [-0.4, -0.2) is 18.0 Å². The number of hydrogen-bond acceptors (Lipinski definition) is 3. The van der Waals surface area contributed by atoms with Crippen molar-refractivity contribution in [3.8, 4) is 17.6 Å². The van der Waals surface area contributed by atoms with Gasteiger partial charge in [-0.1, -0.05) is 23.6 Å². The van der Waals surface area contributed by atoms with Crippen molar-refractivity contribution >= 4 is 16.9 Å². The Morgan fingerprint density at radius 3 is 2.65 bits per heavy atom. The van der Waals surface area contributed by atoms with Gasteiger partial charge >= 0.3 is 0 Å². The minimum Gasteiger partial charge on any atom is -0.495 e. The van der Waals surface area contributed by atoms with Gasteiger partial charge in [-0.15, -0.1) is 0 Å². The molecule has 0 atom stereocenters. The molecule has 0 amide bonds. The molecule has 17 heavy (non-hydrogen) atoms. The quantitative estimate of drug-likeness (QED) is 0.761. The molecule has 5 heteroatoms. The molecule has 1 aromatic rings. The maximum Gasteiger partial charge on any atom is 0.186 e. The van der Waals surface area contributed by atoms with Crippen LogP contribution in [0.15, 0.2) is 12.1 Å². The van der Waals surface area contributed by atoms with Crippen LogP contribution in [0.5, 0.6) is 5.75 Å². The molecule has 0 saturated heterocycles. The number of benzene rings is 1. The third-order valence-electron chi connectivity index (χ3n) is 1.81. The molecule has 0 spiro atoms. The van der Waals surface area contributed by atoms with E-state index in [0.717, 1.165) is 23.9 Å². The molecule has 0 unspecified atom stereocenters. The molecule has 0 radical (unpaired) electrons. The Balaban J connectivity index is 2.89. The molecule has 1 rings (SSSR count). The second-order valence-electron chi connectivity index (χ2n) is 3.05. The molecule has 0 aromatic heterocycles. The van der Waals surface area contributed by atoms with Gasteiger partial charge in [0.2, 0.25) is 0 Å². The Morgan fingerprint density at radius 1 is 1.41 bits per heavy atom. The molecule has 2 nitrogen and oxygen atoms in total. The van der Waals surface area contributed by atoms with Crippen molar-refractivity contribution in [1.82, 2.24) is 0 Å². The van der Waals surface area contributed by atoms with Gasteiger partial charge in [0, 0.05) is 13.0 Å². The summed E-state index contributed by atoms with van der Waals surface area (Å²) in [6.07, 6.45) is 0. The van der Waals surface area contributed by atoms with Gasteiger partial charge in [-0.25, -0.2) is 8.78 Å². The van der Waals surface area contributed by atoms with Crippen molar-refractivity contribution in [3.05, 3.63) is 29.3 Å². The number of rotatable bonds is 2. The number of hydrogen-bond donors (Lipinski definition) is 0. The molecule has 0 aliphatic heterocycles. The first-order chi connectivity index (χ1) is 8.04. The van der Waals surface area contributed by atoms with E-state index >= 15 is 0 Å². The van der Waals surface area contributed by atoms with E-state index in [4.69, 9.17) is 4.74 Å². The summed E-state index contributed by atoms with van der Waals surface area (Å²) in [6.45, 7) is 1.44. The number of carbonyl (C=O) groups excluding carboxylic acids is 1. The summed E-state index contributed by atoms with van der Waals surface area (Å²) in [7, 11) is 1.35. The van der Waals surface area contributed by atoms with Crippen LogP contribution >= 0.6 is 11.8 Å². The summed E-state index contributed by atoms with van der Waals surface area (Å²) in [4.78, 5) is 10.6. The van der Waals surface area contributed by atoms with Gasteiger partial charge < -0.3 is 4.74 Å². The van der Waals surface area contributed by atoms with Crippen LogP contribution in [0.3, 0.4) is 0 Å². The predicted octanol–water partition coefficient (Wildman–Crippen LogP) is 2.60. The van der Waals surface area contributed by atoms with Gasteiger partial charge in [-0.3, -0.25) is 4.79 Å². The van der Waals surface area contributed by atoms with E-state index in [1.165, 1.54) is 14.0 Å². The average molecular weight is 256 g/mol. The van der Waals surface area contributed by atoms with Crippen LogP contribution in [0.25, 0.3) is 0 Å². The summed E-state index contributed by atoms with van der Waals surface area (Å²) in [5.41, 5.74) is 0.260. The van der Waals surface area contributed by atoms with E-state index < -0.39 is 11.6 Å². The second-order valence-corrected chi connectivity index (χ2v) is 4.20. The van der Waals surface area contributed by atoms with Crippen LogP contribution in [0.1, 0.15) is 12.5 Å². The number of thioether (sulfide) groups is 1. The molecule has 0 heterocycles. The van der Waals surface area contributed by atoms with E-state index in [1.807, 2.05) is 0 Å². The van der Waals surface area contributed by atoms with E-state index in [0.29, 0.717) is 5.75 Å². The van der Waals surface area contributed by atoms with E-state index in [1.54, 1.807) is 0 Å². The largest absolute Gasteiger partial charge is 0.495 e. The van der Waals surface area contributed by atoms with Gasteiger partial charge in [0.15, 0.2) is 16.7 Å². The summed E-state index contributed by atoms with van der Waals surface area (Å²) in [5, 5.41) is -0.0449. The minimum absolute atomic E-state index is 0.0449. The average Bonchev–Trinajstić information content (AvgIpc) is 2.28.